The van der Waals surface area contributed by atoms with Gasteiger partial charge in [0.1, 0.15) is 0 Å². The van der Waals surface area contributed by atoms with Crippen LogP contribution in [0.1, 0.15) is 6.92 Å². The minimum atomic E-state index is -1.04. The average Bonchev–Trinajstić information content (AvgIpc) is 2.06. The fourth-order valence-corrected chi connectivity index (χ4v) is 0.939. The molecule has 1 atom stereocenters. The molecule has 1 saturated heterocycles. The molecular weight excluding hydrogens is 160 g/mol. The Balaban J connectivity index is 2.24. The molecule has 5 heteroatoms. The molecule has 1 rings (SSSR count). The largest absolute Gasteiger partial charge is 0.382 e. The van der Waals surface area contributed by atoms with Crippen LogP contribution >= 0.6 is 0 Å². The average molecular weight is 174 g/mol. The van der Waals surface area contributed by atoms with Gasteiger partial charge in [-0.15, -0.1) is 5.06 Å². The highest BCUT2D eigenvalue weighted by Gasteiger charge is 2.17. The van der Waals surface area contributed by atoms with Crippen LogP contribution in [0.2, 0.25) is 0 Å². The van der Waals surface area contributed by atoms with E-state index in [1.807, 2.05) is 0 Å². The van der Waals surface area contributed by atoms with Crippen molar-refractivity contribution in [3.05, 3.63) is 0 Å². The fourth-order valence-electron chi connectivity index (χ4n) is 0.939. The van der Waals surface area contributed by atoms with Crippen molar-refractivity contribution in [1.29, 1.82) is 0 Å². The summed E-state index contributed by atoms with van der Waals surface area (Å²) in [6.45, 7) is 4.38. The van der Waals surface area contributed by atoms with Gasteiger partial charge in [0.25, 0.3) is 0 Å². The Bertz CT molecular complexity index is 155. The van der Waals surface area contributed by atoms with Gasteiger partial charge < -0.3 is 15.3 Å². The molecule has 0 aliphatic carbocycles. The molecule has 0 bridgehead atoms. The van der Waals surface area contributed by atoms with Crippen molar-refractivity contribution in [1.82, 2.24) is 10.4 Å². The number of hydrogen-bond acceptors (Lipinski definition) is 5. The van der Waals surface area contributed by atoms with Crippen LogP contribution in [-0.2, 0) is 9.63 Å². The quantitative estimate of drug-likeness (QED) is 0.546. The highest BCUT2D eigenvalue weighted by Crippen LogP contribution is 1.96. The minimum Gasteiger partial charge on any atom is -0.382 e. The first kappa shape index (κ1) is 9.44. The van der Waals surface area contributed by atoms with Crippen molar-refractivity contribution >= 4 is 5.97 Å². The van der Waals surface area contributed by atoms with Crippen LogP contribution in [0.4, 0.5) is 0 Å². The number of nitrogens with one attached hydrogen (secondary N) is 1. The van der Waals surface area contributed by atoms with Crippen molar-refractivity contribution in [2.45, 2.75) is 13.0 Å². The number of nitrogens with zero attached hydrogens (tertiary/aromatic N) is 1. The molecule has 70 valence electrons. The number of aliphatic hydroxyl groups excluding tert-OH is 1. The molecule has 1 fully saturated rings. The van der Waals surface area contributed by atoms with Crippen molar-refractivity contribution in [2.24, 2.45) is 0 Å². The zero-order chi connectivity index (χ0) is 8.97. The third-order valence-corrected chi connectivity index (χ3v) is 1.64. The molecule has 2 N–H and O–H groups in total. The lowest BCUT2D eigenvalue weighted by atomic mass is 10.4. The van der Waals surface area contributed by atoms with Gasteiger partial charge in [-0.05, 0) is 6.92 Å². The van der Waals surface area contributed by atoms with E-state index in [0.717, 1.165) is 13.1 Å². The first-order chi connectivity index (χ1) is 5.70. The summed E-state index contributed by atoms with van der Waals surface area (Å²) in [5.41, 5.74) is 0. The Hall–Kier alpha value is -0.650. The second-order valence-corrected chi connectivity index (χ2v) is 2.77. The summed E-state index contributed by atoms with van der Waals surface area (Å²) in [7, 11) is 0. The smallest absolute Gasteiger partial charge is 0.353 e. The molecule has 0 aromatic rings. The van der Waals surface area contributed by atoms with Crippen LogP contribution in [0.15, 0.2) is 0 Å². The maximum Gasteiger partial charge on any atom is 0.353 e. The van der Waals surface area contributed by atoms with Crippen LogP contribution in [0, 0.1) is 0 Å². The summed E-state index contributed by atoms with van der Waals surface area (Å²) in [6.07, 6.45) is -1.04. The monoisotopic (exact) mass is 174 g/mol. The number of hydroxylamine groups is 2. The van der Waals surface area contributed by atoms with Gasteiger partial charge in [-0.3, -0.25) is 0 Å². The number of aliphatic hydroxyl groups is 1. The van der Waals surface area contributed by atoms with Crippen molar-refractivity contribution in [2.75, 3.05) is 26.2 Å². The van der Waals surface area contributed by atoms with E-state index in [2.05, 4.69) is 5.32 Å². The van der Waals surface area contributed by atoms with Crippen molar-refractivity contribution < 1.29 is 14.7 Å². The molecule has 1 aliphatic heterocycles. The first-order valence-corrected chi connectivity index (χ1v) is 4.05. The summed E-state index contributed by atoms with van der Waals surface area (Å²) in [6, 6.07) is 0. The number of carbonyl (C=O) groups excluding carboxylic acids is 1. The summed E-state index contributed by atoms with van der Waals surface area (Å²) < 4.78 is 0. The lowest BCUT2D eigenvalue weighted by molar-refractivity contribution is -0.201. The first-order valence-electron chi connectivity index (χ1n) is 4.05. The molecular formula is C7H14N2O3. The van der Waals surface area contributed by atoms with Gasteiger partial charge in [-0.1, -0.05) is 0 Å². The maximum atomic E-state index is 10.9. The Kier molecular flexibility index (Phi) is 3.46. The zero-order valence-electron chi connectivity index (χ0n) is 7.12. The highest BCUT2D eigenvalue weighted by molar-refractivity contribution is 5.73. The Morgan fingerprint density at radius 1 is 1.58 bits per heavy atom. The minimum absolute atomic E-state index is 0.586. The topological polar surface area (TPSA) is 61.8 Å². The molecule has 1 aliphatic rings. The number of piperazine rings is 1. The van der Waals surface area contributed by atoms with E-state index in [1.54, 1.807) is 5.06 Å². The highest BCUT2D eigenvalue weighted by atomic mass is 16.7. The van der Waals surface area contributed by atoms with Crippen molar-refractivity contribution in [3.8, 4) is 0 Å². The molecule has 1 heterocycles. The molecule has 0 radical (unpaired) electrons. The number of rotatable bonds is 2. The lowest BCUT2D eigenvalue weighted by Gasteiger charge is -2.25. The second-order valence-electron chi connectivity index (χ2n) is 2.77. The molecule has 12 heavy (non-hydrogen) atoms. The Morgan fingerprint density at radius 2 is 2.17 bits per heavy atom. The summed E-state index contributed by atoms with van der Waals surface area (Å²) in [5.74, 6) is -0.586. The standard InChI is InChI=1S/C7H14N2O3/c1-6(10)7(11)12-9-4-2-8-3-5-9/h6,8,10H,2-5H2,1H3. The number of hydrogen-bond donors (Lipinski definition) is 2. The van der Waals surface area contributed by atoms with E-state index in [1.165, 1.54) is 6.92 Å². The molecule has 1 unspecified atom stereocenters. The maximum absolute atomic E-state index is 10.9. The molecule has 0 aromatic carbocycles. The van der Waals surface area contributed by atoms with Crippen LogP contribution in [0.25, 0.3) is 0 Å². The Labute approximate surface area is 71.3 Å². The lowest BCUT2D eigenvalue weighted by Crippen LogP contribution is -2.45. The predicted molar refractivity (Wildman–Crippen MR) is 42.2 cm³/mol. The van der Waals surface area contributed by atoms with E-state index >= 15 is 0 Å². The van der Waals surface area contributed by atoms with Crippen LogP contribution in [0.3, 0.4) is 0 Å². The van der Waals surface area contributed by atoms with E-state index in [-0.39, 0.29) is 0 Å². The molecule has 0 spiro atoms. The van der Waals surface area contributed by atoms with Crippen molar-refractivity contribution in [3.63, 3.8) is 0 Å². The molecule has 5 nitrogen and oxygen atoms in total. The van der Waals surface area contributed by atoms with Gasteiger partial charge in [0.15, 0.2) is 6.10 Å². The third-order valence-electron chi connectivity index (χ3n) is 1.64. The van der Waals surface area contributed by atoms with E-state index in [4.69, 9.17) is 9.94 Å². The predicted octanol–water partition coefficient (Wildman–Crippen LogP) is -1.27. The van der Waals surface area contributed by atoms with Gasteiger partial charge in [0.2, 0.25) is 0 Å². The zero-order valence-corrected chi connectivity index (χ0v) is 7.12. The van der Waals surface area contributed by atoms with Crippen LogP contribution < -0.4 is 5.32 Å². The van der Waals surface area contributed by atoms with E-state index in [9.17, 15) is 4.79 Å². The van der Waals surface area contributed by atoms with Gasteiger partial charge >= 0.3 is 5.97 Å². The van der Waals surface area contributed by atoms with E-state index < -0.39 is 12.1 Å². The normalized spacial score (nSPS) is 21.8. The van der Waals surface area contributed by atoms with Gasteiger partial charge in [0, 0.05) is 26.2 Å². The summed E-state index contributed by atoms with van der Waals surface area (Å²) in [5, 5.41) is 13.5. The van der Waals surface area contributed by atoms with Crippen LogP contribution in [0.5, 0.6) is 0 Å². The van der Waals surface area contributed by atoms with Crippen LogP contribution in [-0.4, -0.2) is 48.4 Å². The Morgan fingerprint density at radius 3 is 2.67 bits per heavy atom. The molecule has 0 saturated carbocycles. The van der Waals surface area contributed by atoms with E-state index in [0.29, 0.717) is 13.1 Å². The fraction of sp³-hybridized carbons (Fsp3) is 0.857. The van der Waals surface area contributed by atoms with Gasteiger partial charge in [0.05, 0.1) is 0 Å². The summed E-state index contributed by atoms with van der Waals surface area (Å²) >= 11 is 0. The molecule has 0 amide bonds. The second kappa shape index (κ2) is 4.39. The SMILES string of the molecule is CC(O)C(=O)ON1CCNCC1. The number of carbonyl (C=O) groups is 1. The summed E-state index contributed by atoms with van der Waals surface area (Å²) in [4.78, 5) is 15.7. The van der Waals surface area contributed by atoms with Gasteiger partial charge in [-0.2, -0.15) is 0 Å². The van der Waals surface area contributed by atoms with Gasteiger partial charge in [-0.25, -0.2) is 4.79 Å². The third kappa shape index (κ3) is 2.77. The molecule has 0 aromatic heterocycles.